The largest absolute Gasteiger partial charge is 0.383 e. The Labute approximate surface area is 129 Å². The molecule has 0 aliphatic heterocycles. The van der Waals surface area contributed by atoms with Gasteiger partial charge in [0.25, 0.3) is 5.56 Å². The van der Waals surface area contributed by atoms with Crippen LogP contribution in [0.2, 0.25) is 0 Å². The molecule has 0 aliphatic rings. The molecule has 0 spiro atoms. The zero-order chi connectivity index (χ0) is 16.1. The van der Waals surface area contributed by atoms with E-state index in [0.29, 0.717) is 0 Å². The zero-order valence-corrected chi connectivity index (χ0v) is 12.1. The number of aromatic amines is 1. The van der Waals surface area contributed by atoms with Gasteiger partial charge >= 0.3 is 5.69 Å². The number of amides is 1. The molecule has 22 heavy (non-hydrogen) atoms. The Morgan fingerprint density at radius 1 is 1.55 bits per heavy atom. The maximum absolute atomic E-state index is 12.1. The summed E-state index contributed by atoms with van der Waals surface area (Å²) in [5.74, 6) is 1.42. The summed E-state index contributed by atoms with van der Waals surface area (Å²) >= 11 is 1.46. The van der Waals surface area contributed by atoms with Crippen molar-refractivity contribution in [2.75, 3.05) is 11.1 Å². The number of nitrogens with two attached hydrogens (primary N) is 1. The van der Waals surface area contributed by atoms with Crippen LogP contribution < -0.4 is 22.3 Å². The number of H-pyrrole nitrogens is 1. The maximum Gasteiger partial charge on any atom is 0.330 e. The second-order valence-corrected chi connectivity index (χ2v) is 5.13. The highest BCUT2D eigenvalue weighted by Crippen LogP contribution is 2.11. The summed E-state index contributed by atoms with van der Waals surface area (Å²) in [5, 5.41) is 4.22. The SMILES string of the molecule is C#CCn1c(=O)[nH]c(N)c(NC(=O)/C=C/c2cccs2)c1=O. The number of carbonyl (C=O) groups is 1. The number of carbonyl (C=O) groups excluding carboxylic acids is 1. The molecule has 2 heterocycles. The Balaban J connectivity index is 2.28. The number of hydrogen-bond donors (Lipinski definition) is 3. The van der Waals surface area contributed by atoms with Crippen LogP contribution in [0.5, 0.6) is 0 Å². The van der Waals surface area contributed by atoms with Gasteiger partial charge in [-0.05, 0) is 17.5 Å². The van der Waals surface area contributed by atoms with Crippen LogP contribution in [0, 0.1) is 12.3 Å². The smallest absolute Gasteiger partial charge is 0.330 e. The molecule has 0 unspecified atom stereocenters. The standard InChI is InChI=1S/C14H12N4O3S/c1-2-7-18-13(20)11(12(15)17-14(18)21)16-10(19)6-5-9-4-3-8-22-9/h1,3-6,8H,7,15H2,(H,16,19)(H,17,21)/b6-5+. The van der Waals surface area contributed by atoms with Crippen LogP contribution in [0.1, 0.15) is 4.88 Å². The third kappa shape index (κ3) is 3.34. The average molecular weight is 316 g/mol. The fourth-order valence-electron chi connectivity index (χ4n) is 1.65. The van der Waals surface area contributed by atoms with Gasteiger partial charge in [-0.25, -0.2) is 9.36 Å². The lowest BCUT2D eigenvalue weighted by Crippen LogP contribution is -2.37. The molecule has 0 atom stereocenters. The quantitative estimate of drug-likeness (QED) is 0.562. The predicted octanol–water partition coefficient (Wildman–Crippen LogP) is 0.465. The fraction of sp³-hybridized carbons (Fsp3) is 0.0714. The molecule has 0 aromatic carbocycles. The average Bonchev–Trinajstić information content (AvgIpc) is 2.99. The molecule has 2 rings (SSSR count). The van der Waals surface area contributed by atoms with Crippen molar-refractivity contribution in [3.05, 3.63) is 49.3 Å². The number of anilines is 2. The van der Waals surface area contributed by atoms with E-state index in [1.807, 2.05) is 17.5 Å². The summed E-state index contributed by atoms with van der Waals surface area (Å²) in [5.41, 5.74) is 3.87. The lowest BCUT2D eigenvalue weighted by Gasteiger charge is -2.07. The second-order valence-electron chi connectivity index (χ2n) is 4.15. The highest BCUT2D eigenvalue weighted by atomic mass is 32.1. The minimum atomic E-state index is -0.753. The molecule has 8 heteroatoms. The molecule has 0 saturated carbocycles. The molecular weight excluding hydrogens is 304 g/mol. The summed E-state index contributed by atoms with van der Waals surface area (Å²) in [6.07, 6.45) is 7.96. The molecule has 2 aromatic heterocycles. The van der Waals surface area contributed by atoms with E-state index in [1.165, 1.54) is 17.4 Å². The second kappa shape index (κ2) is 6.60. The molecule has 0 radical (unpaired) electrons. The van der Waals surface area contributed by atoms with Crippen LogP contribution >= 0.6 is 11.3 Å². The number of hydrogen-bond acceptors (Lipinski definition) is 5. The maximum atomic E-state index is 12.1. The summed E-state index contributed by atoms with van der Waals surface area (Å²) in [6.45, 7) is -0.220. The van der Waals surface area contributed by atoms with Gasteiger partial charge in [-0.2, -0.15) is 0 Å². The van der Waals surface area contributed by atoms with Crippen molar-refractivity contribution in [2.45, 2.75) is 6.54 Å². The van der Waals surface area contributed by atoms with Crippen LogP contribution in [0.3, 0.4) is 0 Å². The van der Waals surface area contributed by atoms with E-state index in [9.17, 15) is 14.4 Å². The van der Waals surface area contributed by atoms with Crippen molar-refractivity contribution >= 4 is 34.8 Å². The van der Waals surface area contributed by atoms with Crippen molar-refractivity contribution in [3.8, 4) is 12.3 Å². The Morgan fingerprint density at radius 3 is 2.95 bits per heavy atom. The molecular formula is C14H12N4O3S. The number of aromatic nitrogens is 2. The summed E-state index contributed by atoms with van der Waals surface area (Å²) in [7, 11) is 0. The van der Waals surface area contributed by atoms with E-state index < -0.39 is 17.2 Å². The zero-order valence-electron chi connectivity index (χ0n) is 11.3. The molecule has 1 amide bonds. The van der Waals surface area contributed by atoms with Gasteiger partial charge in [0.05, 0.1) is 6.54 Å². The van der Waals surface area contributed by atoms with Crippen LogP contribution in [0.4, 0.5) is 11.5 Å². The number of rotatable bonds is 4. The Bertz CT molecular complexity index is 869. The van der Waals surface area contributed by atoms with Crippen molar-refractivity contribution in [2.24, 2.45) is 0 Å². The van der Waals surface area contributed by atoms with E-state index in [2.05, 4.69) is 16.2 Å². The molecule has 112 valence electrons. The topological polar surface area (TPSA) is 110 Å². The first-order valence-corrected chi connectivity index (χ1v) is 6.99. The van der Waals surface area contributed by atoms with Gasteiger partial charge in [-0.3, -0.25) is 14.6 Å². The van der Waals surface area contributed by atoms with E-state index in [0.717, 1.165) is 9.44 Å². The Kier molecular flexibility index (Phi) is 4.60. The summed E-state index contributed by atoms with van der Waals surface area (Å²) < 4.78 is 0.773. The van der Waals surface area contributed by atoms with E-state index in [-0.39, 0.29) is 18.1 Å². The number of nitrogens with one attached hydrogen (secondary N) is 2. The highest BCUT2D eigenvalue weighted by Gasteiger charge is 2.13. The van der Waals surface area contributed by atoms with E-state index in [4.69, 9.17) is 12.2 Å². The van der Waals surface area contributed by atoms with Crippen molar-refractivity contribution in [1.29, 1.82) is 0 Å². The molecule has 0 aliphatic carbocycles. The third-order valence-electron chi connectivity index (χ3n) is 2.65. The lowest BCUT2D eigenvalue weighted by atomic mass is 10.3. The number of nitrogen functional groups attached to an aromatic ring is 1. The Hall–Kier alpha value is -3.05. The van der Waals surface area contributed by atoms with Crippen molar-refractivity contribution in [1.82, 2.24) is 9.55 Å². The van der Waals surface area contributed by atoms with Crippen LogP contribution in [0.25, 0.3) is 6.08 Å². The first-order chi connectivity index (χ1) is 10.5. The van der Waals surface area contributed by atoms with Gasteiger partial charge in [-0.1, -0.05) is 12.0 Å². The fourth-order valence-corrected chi connectivity index (χ4v) is 2.27. The molecule has 4 N–H and O–H groups in total. The normalized spacial score (nSPS) is 10.5. The highest BCUT2D eigenvalue weighted by molar-refractivity contribution is 7.10. The van der Waals surface area contributed by atoms with Gasteiger partial charge in [0.2, 0.25) is 5.91 Å². The van der Waals surface area contributed by atoms with Crippen LogP contribution in [0.15, 0.2) is 33.2 Å². The number of nitrogens with zero attached hydrogens (tertiary/aromatic N) is 1. The van der Waals surface area contributed by atoms with Gasteiger partial charge < -0.3 is 11.1 Å². The van der Waals surface area contributed by atoms with Gasteiger partial charge in [0.1, 0.15) is 11.5 Å². The molecule has 0 bridgehead atoms. The number of terminal acetylenes is 1. The first-order valence-electron chi connectivity index (χ1n) is 6.11. The lowest BCUT2D eigenvalue weighted by molar-refractivity contribution is -0.111. The predicted molar refractivity (Wildman–Crippen MR) is 86.6 cm³/mol. The molecule has 7 nitrogen and oxygen atoms in total. The minimum Gasteiger partial charge on any atom is -0.383 e. The summed E-state index contributed by atoms with van der Waals surface area (Å²) in [4.78, 5) is 38.7. The number of thiophene rings is 1. The first kappa shape index (κ1) is 15.3. The van der Waals surface area contributed by atoms with Crippen molar-refractivity contribution < 1.29 is 4.79 Å². The van der Waals surface area contributed by atoms with E-state index in [1.54, 1.807) is 6.08 Å². The molecule has 0 fully saturated rings. The van der Waals surface area contributed by atoms with Gasteiger partial charge in [0.15, 0.2) is 0 Å². The minimum absolute atomic E-state index is 0.212. The summed E-state index contributed by atoms with van der Waals surface area (Å²) in [6, 6.07) is 3.68. The van der Waals surface area contributed by atoms with E-state index >= 15 is 0 Å². The van der Waals surface area contributed by atoms with Crippen LogP contribution in [-0.2, 0) is 11.3 Å². The van der Waals surface area contributed by atoms with Gasteiger partial charge in [-0.15, -0.1) is 17.8 Å². The third-order valence-corrected chi connectivity index (χ3v) is 3.49. The molecule has 0 saturated heterocycles. The monoisotopic (exact) mass is 316 g/mol. The Morgan fingerprint density at radius 2 is 2.32 bits per heavy atom. The van der Waals surface area contributed by atoms with Gasteiger partial charge in [0, 0.05) is 11.0 Å². The van der Waals surface area contributed by atoms with Crippen molar-refractivity contribution in [3.63, 3.8) is 0 Å². The van der Waals surface area contributed by atoms with Crippen LogP contribution in [-0.4, -0.2) is 15.5 Å². The molecule has 2 aromatic rings.